The van der Waals surface area contributed by atoms with E-state index < -0.39 is 0 Å². The minimum Gasteiger partial charge on any atom is -0.399 e. The van der Waals surface area contributed by atoms with Gasteiger partial charge in [-0.3, -0.25) is 4.79 Å². The number of nitrogen functional groups attached to an aromatic ring is 1. The quantitative estimate of drug-likeness (QED) is 0.848. The first-order valence-electron chi connectivity index (χ1n) is 5.89. The van der Waals surface area contributed by atoms with Crippen LogP contribution in [0.1, 0.15) is 30.2 Å². The van der Waals surface area contributed by atoms with Crippen LogP contribution in [0.2, 0.25) is 5.02 Å². The monoisotopic (exact) mass is 278 g/mol. The van der Waals surface area contributed by atoms with Crippen molar-refractivity contribution in [3.8, 4) is 0 Å². The van der Waals surface area contributed by atoms with Crippen molar-refractivity contribution in [3.63, 3.8) is 0 Å². The van der Waals surface area contributed by atoms with Crippen LogP contribution in [-0.2, 0) is 0 Å². The minimum atomic E-state index is -0.306. The SMILES string of the molecule is CC(C)n1nccc1NC(=O)c1cc(N)ccc1Cl. The molecule has 6 heteroatoms. The lowest BCUT2D eigenvalue weighted by Gasteiger charge is -2.12. The fraction of sp³-hybridized carbons (Fsp3) is 0.231. The Hall–Kier alpha value is -2.01. The molecule has 2 aromatic rings. The first kappa shape index (κ1) is 13.4. The molecule has 0 radical (unpaired) electrons. The predicted octanol–water partition coefficient (Wildman–Crippen LogP) is 2.95. The number of aromatic nitrogens is 2. The third-order valence-corrected chi connectivity index (χ3v) is 2.97. The standard InChI is InChI=1S/C13H15ClN4O/c1-8(2)18-12(5-6-16-18)17-13(19)10-7-9(15)3-4-11(10)14/h3-8H,15H2,1-2H3,(H,17,19). The molecule has 0 aliphatic heterocycles. The second kappa shape index (κ2) is 5.32. The number of nitrogens with zero attached hydrogens (tertiary/aromatic N) is 2. The van der Waals surface area contributed by atoms with Gasteiger partial charge in [-0.25, -0.2) is 4.68 Å². The van der Waals surface area contributed by atoms with Crippen LogP contribution in [0.3, 0.4) is 0 Å². The predicted molar refractivity (Wildman–Crippen MR) is 76.4 cm³/mol. The molecule has 2 rings (SSSR count). The summed E-state index contributed by atoms with van der Waals surface area (Å²) in [7, 11) is 0. The lowest BCUT2D eigenvalue weighted by Crippen LogP contribution is -2.17. The van der Waals surface area contributed by atoms with Crippen LogP contribution < -0.4 is 11.1 Å². The Bertz CT molecular complexity index is 606. The van der Waals surface area contributed by atoms with Crippen molar-refractivity contribution in [3.05, 3.63) is 41.0 Å². The highest BCUT2D eigenvalue weighted by atomic mass is 35.5. The van der Waals surface area contributed by atoms with Gasteiger partial charge in [0.2, 0.25) is 0 Å². The maximum Gasteiger partial charge on any atom is 0.258 e. The van der Waals surface area contributed by atoms with E-state index in [1.807, 2.05) is 13.8 Å². The molecular formula is C13H15ClN4O. The van der Waals surface area contributed by atoms with E-state index in [2.05, 4.69) is 10.4 Å². The van der Waals surface area contributed by atoms with Crippen molar-refractivity contribution in [1.82, 2.24) is 9.78 Å². The summed E-state index contributed by atoms with van der Waals surface area (Å²) in [4.78, 5) is 12.2. The van der Waals surface area contributed by atoms with Crippen molar-refractivity contribution in [1.29, 1.82) is 0 Å². The molecular weight excluding hydrogens is 264 g/mol. The van der Waals surface area contributed by atoms with Crippen molar-refractivity contribution >= 4 is 29.0 Å². The van der Waals surface area contributed by atoms with Gasteiger partial charge < -0.3 is 11.1 Å². The summed E-state index contributed by atoms with van der Waals surface area (Å²) in [5.41, 5.74) is 6.50. The van der Waals surface area contributed by atoms with Gasteiger partial charge in [0.15, 0.2) is 0 Å². The zero-order valence-electron chi connectivity index (χ0n) is 10.7. The van der Waals surface area contributed by atoms with E-state index in [0.29, 0.717) is 22.1 Å². The zero-order chi connectivity index (χ0) is 14.0. The molecule has 0 aliphatic rings. The average Bonchev–Trinajstić information content (AvgIpc) is 2.80. The number of hydrogen-bond acceptors (Lipinski definition) is 3. The second-order valence-corrected chi connectivity index (χ2v) is 4.86. The number of carbonyl (C=O) groups is 1. The Morgan fingerprint density at radius 1 is 1.42 bits per heavy atom. The van der Waals surface area contributed by atoms with Gasteiger partial charge in [-0.05, 0) is 32.0 Å². The molecule has 5 nitrogen and oxygen atoms in total. The summed E-state index contributed by atoms with van der Waals surface area (Å²) < 4.78 is 1.72. The fourth-order valence-corrected chi connectivity index (χ4v) is 1.93. The molecule has 0 bridgehead atoms. The Kier molecular flexibility index (Phi) is 3.76. The average molecular weight is 279 g/mol. The smallest absolute Gasteiger partial charge is 0.258 e. The van der Waals surface area contributed by atoms with E-state index in [1.165, 1.54) is 0 Å². The van der Waals surface area contributed by atoms with Gasteiger partial charge in [-0.15, -0.1) is 0 Å². The Balaban J connectivity index is 2.26. The molecule has 1 aromatic heterocycles. The molecule has 19 heavy (non-hydrogen) atoms. The molecule has 3 N–H and O–H groups in total. The molecule has 0 unspecified atom stereocenters. The minimum absolute atomic E-state index is 0.154. The number of carbonyl (C=O) groups excluding carboxylic acids is 1. The number of benzene rings is 1. The van der Waals surface area contributed by atoms with Crippen LogP contribution in [0.25, 0.3) is 0 Å². The third kappa shape index (κ3) is 2.88. The van der Waals surface area contributed by atoms with Gasteiger partial charge in [-0.1, -0.05) is 11.6 Å². The highest BCUT2D eigenvalue weighted by Crippen LogP contribution is 2.21. The van der Waals surface area contributed by atoms with Crippen LogP contribution in [0.15, 0.2) is 30.5 Å². The molecule has 0 saturated carbocycles. The number of nitrogens with two attached hydrogens (primary N) is 1. The first-order valence-corrected chi connectivity index (χ1v) is 6.26. The van der Waals surface area contributed by atoms with Crippen molar-refractivity contribution in [2.24, 2.45) is 0 Å². The van der Waals surface area contributed by atoms with Crippen molar-refractivity contribution in [2.45, 2.75) is 19.9 Å². The number of halogens is 1. The molecule has 1 amide bonds. The van der Waals surface area contributed by atoms with Crippen molar-refractivity contribution < 1.29 is 4.79 Å². The largest absolute Gasteiger partial charge is 0.399 e. The Labute approximate surface area is 116 Å². The number of nitrogens with one attached hydrogen (secondary N) is 1. The number of hydrogen-bond donors (Lipinski definition) is 2. The van der Waals surface area contributed by atoms with Crippen LogP contribution in [0.5, 0.6) is 0 Å². The van der Waals surface area contributed by atoms with E-state index in [9.17, 15) is 4.79 Å². The highest BCUT2D eigenvalue weighted by Gasteiger charge is 2.14. The first-order chi connectivity index (χ1) is 8.99. The third-order valence-electron chi connectivity index (χ3n) is 2.64. The van der Waals surface area contributed by atoms with Crippen LogP contribution >= 0.6 is 11.6 Å². The number of amides is 1. The summed E-state index contributed by atoms with van der Waals surface area (Å²) in [5.74, 6) is 0.318. The number of anilines is 2. The van der Waals surface area contributed by atoms with Crippen LogP contribution in [0, 0.1) is 0 Å². The van der Waals surface area contributed by atoms with E-state index in [4.69, 9.17) is 17.3 Å². The molecule has 0 aliphatic carbocycles. The summed E-state index contributed by atoms with van der Waals surface area (Å²) in [6.07, 6.45) is 1.64. The summed E-state index contributed by atoms with van der Waals surface area (Å²) in [6.45, 7) is 3.96. The fourth-order valence-electron chi connectivity index (χ4n) is 1.73. The Morgan fingerprint density at radius 2 is 2.16 bits per heavy atom. The molecule has 1 heterocycles. The van der Waals surface area contributed by atoms with E-state index in [-0.39, 0.29) is 11.9 Å². The summed E-state index contributed by atoms with van der Waals surface area (Å²) in [5, 5.41) is 7.29. The maximum atomic E-state index is 12.2. The van der Waals surface area contributed by atoms with Gasteiger partial charge in [0.1, 0.15) is 5.82 Å². The highest BCUT2D eigenvalue weighted by molar-refractivity contribution is 6.34. The lowest BCUT2D eigenvalue weighted by molar-refractivity contribution is 0.102. The van der Waals surface area contributed by atoms with Crippen molar-refractivity contribution in [2.75, 3.05) is 11.1 Å². The van der Waals surface area contributed by atoms with Crippen LogP contribution in [-0.4, -0.2) is 15.7 Å². The number of rotatable bonds is 3. The van der Waals surface area contributed by atoms with Crippen LogP contribution in [0.4, 0.5) is 11.5 Å². The molecule has 0 saturated heterocycles. The Morgan fingerprint density at radius 3 is 2.84 bits per heavy atom. The zero-order valence-corrected chi connectivity index (χ0v) is 11.5. The topological polar surface area (TPSA) is 72.9 Å². The van der Waals surface area contributed by atoms with E-state index in [0.717, 1.165) is 0 Å². The molecule has 0 fully saturated rings. The second-order valence-electron chi connectivity index (χ2n) is 4.45. The van der Waals surface area contributed by atoms with Gasteiger partial charge >= 0.3 is 0 Å². The van der Waals surface area contributed by atoms with Gasteiger partial charge in [0.05, 0.1) is 16.8 Å². The molecule has 0 spiro atoms. The molecule has 100 valence electrons. The lowest BCUT2D eigenvalue weighted by atomic mass is 10.2. The summed E-state index contributed by atoms with van der Waals surface area (Å²) >= 11 is 5.99. The normalized spacial score (nSPS) is 10.7. The van der Waals surface area contributed by atoms with Gasteiger partial charge in [-0.2, -0.15) is 5.10 Å². The molecule has 1 aromatic carbocycles. The van der Waals surface area contributed by atoms with Gasteiger partial charge in [0.25, 0.3) is 5.91 Å². The van der Waals surface area contributed by atoms with E-state index >= 15 is 0 Å². The maximum absolute atomic E-state index is 12.2. The van der Waals surface area contributed by atoms with E-state index in [1.54, 1.807) is 35.1 Å². The summed E-state index contributed by atoms with van der Waals surface area (Å²) in [6, 6.07) is 6.69. The molecule has 0 atom stereocenters. The van der Waals surface area contributed by atoms with Gasteiger partial charge in [0, 0.05) is 17.8 Å².